The number of rotatable bonds is 10. The number of halogens is 3. The first-order valence-corrected chi connectivity index (χ1v) is 19.1. The zero-order chi connectivity index (χ0) is 42.7. The molecule has 0 unspecified atom stereocenters. The number of nitrogens with zero attached hydrogens (tertiary/aromatic N) is 6. The van der Waals surface area contributed by atoms with Crippen LogP contribution in [0.15, 0.2) is 66.9 Å². The molecule has 1 saturated carbocycles. The van der Waals surface area contributed by atoms with Crippen LogP contribution in [-0.2, 0) is 30.3 Å². The van der Waals surface area contributed by atoms with Crippen molar-refractivity contribution in [1.29, 1.82) is 0 Å². The number of benzene rings is 2. The van der Waals surface area contributed by atoms with Crippen molar-refractivity contribution in [2.24, 2.45) is 17.6 Å². The van der Waals surface area contributed by atoms with Crippen LogP contribution in [0.25, 0.3) is 22.5 Å². The Bertz CT molecular complexity index is 2000. The highest BCUT2D eigenvalue weighted by Gasteiger charge is 2.38. The van der Waals surface area contributed by atoms with Gasteiger partial charge in [-0.25, -0.2) is 19.5 Å². The molecular weight excluding hydrogens is 775 g/mol. The monoisotopic (exact) mass is 823 g/mol. The number of aliphatic carboxylic acids is 1. The minimum absolute atomic E-state index is 0.207. The molecule has 2 aliphatic rings. The van der Waals surface area contributed by atoms with Crippen molar-refractivity contribution in [3.05, 3.63) is 72.4 Å². The Balaban J connectivity index is 0.000000867. The number of pyridine rings is 1. The van der Waals surface area contributed by atoms with E-state index in [4.69, 9.17) is 25.1 Å². The van der Waals surface area contributed by atoms with E-state index in [1.54, 1.807) is 24.3 Å². The van der Waals surface area contributed by atoms with E-state index in [-0.39, 0.29) is 24.2 Å². The molecule has 1 atom stereocenters. The van der Waals surface area contributed by atoms with E-state index in [1.807, 2.05) is 57.3 Å². The van der Waals surface area contributed by atoms with Gasteiger partial charge in [0, 0.05) is 42.9 Å². The molecule has 59 heavy (non-hydrogen) atoms. The number of anilines is 2. The molecular formula is C40H48F3N9O7. The summed E-state index contributed by atoms with van der Waals surface area (Å²) in [6.07, 6.45) is -0.782. The van der Waals surface area contributed by atoms with Crippen LogP contribution in [0.4, 0.5) is 29.5 Å². The van der Waals surface area contributed by atoms with Crippen molar-refractivity contribution in [3.8, 4) is 22.5 Å². The highest BCUT2D eigenvalue weighted by molar-refractivity contribution is 6.17. The molecule has 2 aromatic heterocycles. The van der Waals surface area contributed by atoms with E-state index in [0.29, 0.717) is 49.7 Å². The normalized spacial score (nSPS) is 17.5. The van der Waals surface area contributed by atoms with Crippen LogP contribution in [0, 0.1) is 11.8 Å². The second-order valence-electron chi connectivity index (χ2n) is 15.2. The number of imide groups is 1. The van der Waals surface area contributed by atoms with E-state index < -0.39 is 35.8 Å². The molecule has 5 N–H and O–H groups in total. The molecule has 3 heterocycles. The van der Waals surface area contributed by atoms with E-state index >= 15 is 0 Å². The average Bonchev–Trinajstić information content (AvgIpc) is 3.76. The summed E-state index contributed by atoms with van der Waals surface area (Å²) in [6.45, 7) is 8.98. The van der Waals surface area contributed by atoms with Gasteiger partial charge in [0.15, 0.2) is 0 Å². The molecule has 4 aromatic rings. The highest BCUT2D eigenvalue weighted by atomic mass is 19.4. The largest absolute Gasteiger partial charge is 0.490 e. The third kappa shape index (κ3) is 12.8. The van der Waals surface area contributed by atoms with Gasteiger partial charge in [0.2, 0.25) is 11.7 Å². The van der Waals surface area contributed by atoms with E-state index in [2.05, 4.69) is 41.9 Å². The zero-order valence-corrected chi connectivity index (χ0v) is 32.9. The number of H-pyrrole nitrogens is 1. The fraction of sp³-hybridized carbons (Fsp3) is 0.450. The van der Waals surface area contributed by atoms with E-state index in [1.165, 1.54) is 4.90 Å². The van der Waals surface area contributed by atoms with Crippen molar-refractivity contribution >= 4 is 35.4 Å². The number of hydrogen-bond donors (Lipinski definition) is 4. The molecule has 19 heteroatoms. The number of carbonyl (C=O) groups is 4. The SMILES string of the molecule is CC(C)(C)OC(=O)NCC1CCC(C(=O)N(C(=O)[C@@H](N)Cc2ccc(-c3ccc(N4CCOCC4)nc3)cc2)c2ccc(-c3nn[nH]n3)cc2)CC1.O=C(O)C(F)(F)F. The van der Waals surface area contributed by atoms with Gasteiger partial charge in [-0.1, -0.05) is 24.3 Å². The number of aromatic amines is 1. The summed E-state index contributed by atoms with van der Waals surface area (Å²) in [5, 5.41) is 24.1. The summed E-state index contributed by atoms with van der Waals surface area (Å²) < 4.78 is 42.5. The van der Waals surface area contributed by atoms with Crippen molar-refractivity contribution in [2.75, 3.05) is 42.6 Å². The summed E-state index contributed by atoms with van der Waals surface area (Å²) in [4.78, 5) is 57.5. The number of alkyl halides is 3. The second-order valence-corrected chi connectivity index (χ2v) is 15.2. The van der Waals surface area contributed by atoms with Crippen molar-refractivity contribution in [3.63, 3.8) is 0 Å². The predicted molar refractivity (Wildman–Crippen MR) is 210 cm³/mol. The maximum atomic E-state index is 14.2. The molecule has 6 rings (SSSR count). The zero-order valence-electron chi connectivity index (χ0n) is 32.9. The number of aromatic nitrogens is 5. The maximum absolute atomic E-state index is 14.2. The Morgan fingerprint density at radius 3 is 2.10 bits per heavy atom. The number of nitrogens with one attached hydrogen (secondary N) is 2. The van der Waals surface area contributed by atoms with Crippen LogP contribution in [0.2, 0.25) is 0 Å². The number of tetrazole rings is 1. The van der Waals surface area contributed by atoms with Gasteiger partial charge in [-0.15, -0.1) is 10.2 Å². The molecule has 0 radical (unpaired) electrons. The van der Waals surface area contributed by atoms with Crippen LogP contribution in [0.3, 0.4) is 0 Å². The lowest BCUT2D eigenvalue weighted by Crippen LogP contribution is -2.50. The third-order valence-electron chi connectivity index (χ3n) is 9.69. The molecule has 0 bridgehead atoms. The summed E-state index contributed by atoms with van der Waals surface area (Å²) in [5.74, 6) is -2.34. The first-order valence-electron chi connectivity index (χ1n) is 19.1. The number of ether oxygens (including phenoxy) is 2. The first kappa shape index (κ1) is 44.2. The molecule has 316 valence electrons. The predicted octanol–water partition coefficient (Wildman–Crippen LogP) is 5.16. The summed E-state index contributed by atoms with van der Waals surface area (Å²) in [5.41, 5.74) is 9.98. The topological polar surface area (TPSA) is 219 Å². The minimum Gasteiger partial charge on any atom is -0.475 e. The standard InChI is InChI=1S/C38H47N9O5.C2HF3O2/c1-38(2,3)52-37(50)41-23-26-6-10-29(11-7-26)35(48)47(31-15-12-28(13-16-31)34-42-44-45-43-34)36(49)32(39)22-25-4-8-27(9-5-25)30-14-17-33(40-24-30)46-18-20-51-21-19-46;3-2(4,5)1(6)7/h4-5,8-9,12-17,24,26,29,32H,6-7,10-11,18-23,39H2,1-3H3,(H,41,50)(H,42,43,44,45);(H,6,7)/t26?,29?,32-;/m0./s1. The molecule has 1 aliphatic heterocycles. The Labute approximate surface area is 338 Å². The molecule has 3 amide bonds. The van der Waals surface area contributed by atoms with Crippen LogP contribution in [-0.4, -0.2) is 105 Å². The molecule has 1 saturated heterocycles. The number of morpholine rings is 1. The molecule has 0 spiro atoms. The van der Waals surface area contributed by atoms with Crippen LogP contribution < -0.4 is 20.9 Å². The fourth-order valence-corrected chi connectivity index (χ4v) is 6.62. The molecule has 16 nitrogen and oxygen atoms in total. The van der Waals surface area contributed by atoms with Gasteiger partial charge in [-0.3, -0.25) is 9.59 Å². The second kappa shape index (κ2) is 19.7. The number of carbonyl (C=O) groups excluding carboxylic acids is 3. The highest BCUT2D eigenvalue weighted by Crippen LogP contribution is 2.32. The Kier molecular flexibility index (Phi) is 14.7. The van der Waals surface area contributed by atoms with Gasteiger partial charge in [0.25, 0.3) is 5.91 Å². The molecule has 2 fully saturated rings. The number of alkyl carbamates (subject to hydrolysis) is 1. The summed E-state index contributed by atoms with van der Waals surface area (Å²) >= 11 is 0. The van der Waals surface area contributed by atoms with Crippen LogP contribution in [0.5, 0.6) is 0 Å². The van der Waals surface area contributed by atoms with Gasteiger partial charge in [-0.05, 0) is 112 Å². The fourth-order valence-electron chi connectivity index (χ4n) is 6.62. The molecule has 1 aliphatic carbocycles. The van der Waals surface area contributed by atoms with Crippen LogP contribution in [0.1, 0.15) is 52.0 Å². The Morgan fingerprint density at radius 1 is 0.949 bits per heavy atom. The van der Waals surface area contributed by atoms with E-state index in [9.17, 15) is 27.6 Å². The third-order valence-corrected chi connectivity index (χ3v) is 9.69. The van der Waals surface area contributed by atoms with Crippen molar-refractivity contribution in [2.45, 2.75) is 70.7 Å². The number of amides is 3. The van der Waals surface area contributed by atoms with Gasteiger partial charge in [0.1, 0.15) is 11.4 Å². The van der Waals surface area contributed by atoms with Crippen molar-refractivity contribution < 1.29 is 46.9 Å². The summed E-state index contributed by atoms with van der Waals surface area (Å²) in [6, 6.07) is 17.9. The Morgan fingerprint density at radius 2 is 1.56 bits per heavy atom. The summed E-state index contributed by atoms with van der Waals surface area (Å²) in [7, 11) is 0. The average molecular weight is 824 g/mol. The number of carboxylic acid groups (broad SMARTS) is 1. The Hall–Kier alpha value is -5.95. The smallest absolute Gasteiger partial charge is 0.475 e. The van der Waals surface area contributed by atoms with Gasteiger partial charge < -0.3 is 30.5 Å². The first-order chi connectivity index (χ1) is 28.0. The quantitative estimate of drug-likeness (QED) is 0.163. The number of nitrogens with two attached hydrogens (primary N) is 1. The van der Waals surface area contributed by atoms with E-state index in [0.717, 1.165) is 48.4 Å². The van der Waals surface area contributed by atoms with Gasteiger partial charge in [-0.2, -0.15) is 18.4 Å². The minimum atomic E-state index is -5.08. The van der Waals surface area contributed by atoms with Crippen LogP contribution >= 0.6 is 0 Å². The van der Waals surface area contributed by atoms with Gasteiger partial charge >= 0.3 is 18.2 Å². The molecule has 2 aromatic carbocycles. The lowest BCUT2D eigenvalue weighted by molar-refractivity contribution is -0.192. The lowest BCUT2D eigenvalue weighted by Gasteiger charge is -2.32. The van der Waals surface area contributed by atoms with Crippen molar-refractivity contribution in [1.82, 2.24) is 30.9 Å². The lowest BCUT2D eigenvalue weighted by atomic mass is 9.81. The number of carboxylic acids is 1. The van der Waals surface area contributed by atoms with Gasteiger partial charge in [0.05, 0.1) is 24.9 Å². The maximum Gasteiger partial charge on any atom is 0.490 e. The number of hydrogen-bond acceptors (Lipinski definition) is 12.